The van der Waals surface area contributed by atoms with Gasteiger partial charge in [0, 0.05) is 56.1 Å². The molecule has 1 N–H and O–H groups in total. The molecule has 1 aromatic heterocycles. The molecule has 2 aromatic rings. The van der Waals surface area contributed by atoms with Gasteiger partial charge in [0.05, 0.1) is 7.11 Å². The molecule has 2 heterocycles. The van der Waals surface area contributed by atoms with Crippen LogP contribution in [-0.2, 0) is 4.79 Å². The Morgan fingerprint density at radius 2 is 1.68 bits per heavy atom. The van der Waals surface area contributed by atoms with Gasteiger partial charge in [-0.3, -0.25) is 14.6 Å². The highest BCUT2D eigenvalue weighted by atomic mass is 16.5. The molecule has 7 nitrogen and oxygen atoms in total. The number of methoxy groups -OCH3 is 1. The van der Waals surface area contributed by atoms with Crippen LogP contribution in [0.2, 0.25) is 0 Å². The molecule has 0 unspecified atom stereocenters. The van der Waals surface area contributed by atoms with Crippen LogP contribution in [0, 0.1) is 5.92 Å². The molecule has 1 aliphatic heterocycles. The third-order valence-electron chi connectivity index (χ3n) is 6.52. The molecule has 1 saturated heterocycles. The van der Waals surface area contributed by atoms with Crippen molar-refractivity contribution < 1.29 is 14.3 Å². The number of nitrogens with zero attached hydrogens (tertiary/aromatic N) is 3. The SMILES string of the molecule is COc1ccc([C@H]2C[C@H](NC(=O)c3ccncc3)C[C@@H]2C(=O)N2CCN(C)CC2)cc1. The molecule has 0 bridgehead atoms. The first-order valence-corrected chi connectivity index (χ1v) is 10.9. The Bertz CT molecular complexity index is 895. The number of likely N-dealkylation sites (N-methyl/N-ethyl adjacent to an activating group) is 1. The van der Waals surface area contributed by atoms with Gasteiger partial charge in [0.1, 0.15) is 5.75 Å². The third kappa shape index (κ3) is 4.88. The van der Waals surface area contributed by atoms with Crippen LogP contribution in [0.5, 0.6) is 5.75 Å². The van der Waals surface area contributed by atoms with Crippen LogP contribution in [0.3, 0.4) is 0 Å². The number of hydrogen-bond acceptors (Lipinski definition) is 5. The number of piperazine rings is 1. The van der Waals surface area contributed by atoms with Crippen LogP contribution in [0.15, 0.2) is 48.8 Å². The smallest absolute Gasteiger partial charge is 0.251 e. The van der Waals surface area contributed by atoms with E-state index < -0.39 is 0 Å². The summed E-state index contributed by atoms with van der Waals surface area (Å²) in [6.07, 6.45) is 4.62. The lowest BCUT2D eigenvalue weighted by Crippen LogP contribution is -2.49. The molecule has 1 aromatic carbocycles. The number of rotatable bonds is 5. The van der Waals surface area contributed by atoms with Crippen molar-refractivity contribution in [1.82, 2.24) is 20.1 Å². The fraction of sp³-hybridized carbons (Fsp3) is 0.458. The first kappa shape index (κ1) is 21.3. The molecule has 2 aliphatic rings. The van der Waals surface area contributed by atoms with Gasteiger partial charge in [-0.1, -0.05) is 12.1 Å². The third-order valence-corrected chi connectivity index (χ3v) is 6.52. The molecule has 2 amide bonds. The van der Waals surface area contributed by atoms with Gasteiger partial charge in [0.25, 0.3) is 5.91 Å². The first-order chi connectivity index (χ1) is 15.0. The summed E-state index contributed by atoms with van der Waals surface area (Å²) >= 11 is 0. The van der Waals surface area contributed by atoms with E-state index in [1.807, 2.05) is 29.2 Å². The molecular formula is C24H30N4O3. The normalized spacial score (nSPS) is 24.1. The largest absolute Gasteiger partial charge is 0.497 e. The average molecular weight is 423 g/mol. The maximum Gasteiger partial charge on any atom is 0.251 e. The van der Waals surface area contributed by atoms with Crippen molar-refractivity contribution in [2.75, 3.05) is 40.3 Å². The van der Waals surface area contributed by atoms with E-state index >= 15 is 0 Å². The zero-order valence-electron chi connectivity index (χ0n) is 18.2. The van der Waals surface area contributed by atoms with Crippen LogP contribution in [-0.4, -0.2) is 73.0 Å². The van der Waals surface area contributed by atoms with Gasteiger partial charge in [0.15, 0.2) is 0 Å². The number of nitrogens with one attached hydrogen (secondary N) is 1. The maximum absolute atomic E-state index is 13.5. The van der Waals surface area contributed by atoms with E-state index in [1.165, 1.54) is 0 Å². The first-order valence-electron chi connectivity index (χ1n) is 10.9. The minimum absolute atomic E-state index is 0.0471. The molecule has 0 spiro atoms. The molecule has 4 rings (SSSR count). The highest BCUT2D eigenvalue weighted by Crippen LogP contribution is 2.41. The number of amides is 2. The van der Waals surface area contributed by atoms with Crippen LogP contribution in [0.25, 0.3) is 0 Å². The second kappa shape index (κ2) is 9.47. The van der Waals surface area contributed by atoms with E-state index in [2.05, 4.69) is 22.2 Å². The summed E-state index contributed by atoms with van der Waals surface area (Å²) in [5, 5.41) is 3.14. The second-order valence-electron chi connectivity index (χ2n) is 8.49. The minimum Gasteiger partial charge on any atom is -0.497 e. The lowest BCUT2D eigenvalue weighted by Gasteiger charge is -2.35. The van der Waals surface area contributed by atoms with Gasteiger partial charge in [0.2, 0.25) is 5.91 Å². The van der Waals surface area contributed by atoms with E-state index in [-0.39, 0.29) is 29.7 Å². The van der Waals surface area contributed by atoms with Crippen molar-refractivity contribution in [1.29, 1.82) is 0 Å². The van der Waals surface area contributed by atoms with Crippen molar-refractivity contribution in [3.05, 3.63) is 59.9 Å². The van der Waals surface area contributed by atoms with Crippen molar-refractivity contribution in [2.24, 2.45) is 5.92 Å². The van der Waals surface area contributed by atoms with E-state index in [0.29, 0.717) is 12.0 Å². The Labute approximate surface area is 183 Å². The number of hydrogen-bond donors (Lipinski definition) is 1. The average Bonchev–Trinajstić information content (AvgIpc) is 3.23. The van der Waals surface area contributed by atoms with Crippen molar-refractivity contribution >= 4 is 11.8 Å². The highest BCUT2D eigenvalue weighted by molar-refractivity contribution is 5.94. The summed E-state index contributed by atoms with van der Waals surface area (Å²) in [5.74, 6) is 0.815. The minimum atomic E-state index is -0.139. The summed E-state index contributed by atoms with van der Waals surface area (Å²) in [5.41, 5.74) is 1.71. The maximum atomic E-state index is 13.5. The number of benzene rings is 1. The van der Waals surface area contributed by atoms with Crippen molar-refractivity contribution in [3.63, 3.8) is 0 Å². The van der Waals surface area contributed by atoms with Crippen LogP contribution in [0.1, 0.15) is 34.7 Å². The Hall–Kier alpha value is -2.93. The molecule has 1 saturated carbocycles. The Balaban J connectivity index is 1.52. The number of carbonyl (C=O) groups excluding carboxylic acids is 2. The molecule has 3 atom stereocenters. The molecular weight excluding hydrogens is 392 g/mol. The van der Waals surface area contributed by atoms with E-state index in [9.17, 15) is 9.59 Å². The van der Waals surface area contributed by atoms with E-state index in [0.717, 1.165) is 43.9 Å². The summed E-state index contributed by atoms with van der Waals surface area (Å²) < 4.78 is 5.29. The highest BCUT2D eigenvalue weighted by Gasteiger charge is 2.42. The van der Waals surface area contributed by atoms with Crippen LogP contribution in [0.4, 0.5) is 0 Å². The molecule has 164 valence electrons. The Kier molecular flexibility index (Phi) is 6.51. The van der Waals surface area contributed by atoms with Gasteiger partial charge >= 0.3 is 0 Å². The predicted molar refractivity (Wildman–Crippen MR) is 118 cm³/mol. The van der Waals surface area contributed by atoms with Gasteiger partial charge < -0.3 is 19.9 Å². The quantitative estimate of drug-likeness (QED) is 0.799. The van der Waals surface area contributed by atoms with Crippen molar-refractivity contribution in [3.8, 4) is 5.75 Å². The second-order valence-corrected chi connectivity index (χ2v) is 8.49. The van der Waals surface area contributed by atoms with Gasteiger partial charge in [-0.2, -0.15) is 0 Å². The topological polar surface area (TPSA) is 74.8 Å². The molecule has 7 heteroatoms. The zero-order valence-corrected chi connectivity index (χ0v) is 18.2. The van der Waals surface area contributed by atoms with Gasteiger partial charge in [-0.15, -0.1) is 0 Å². The zero-order chi connectivity index (χ0) is 21.8. The van der Waals surface area contributed by atoms with Crippen LogP contribution >= 0.6 is 0 Å². The fourth-order valence-corrected chi connectivity index (χ4v) is 4.68. The summed E-state index contributed by atoms with van der Waals surface area (Å²) in [6.45, 7) is 3.31. The summed E-state index contributed by atoms with van der Waals surface area (Å²) in [4.78, 5) is 34.4. The number of carbonyl (C=O) groups is 2. The molecule has 1 aliphatic carbocycles. The lowest BCUT2D eigenvalue weighted by molar-refractivity contribution is -0.137. The van der Waals surface area contributed by atoms with Crippen molar-refractivity contribution in [2.45, 2.75) is 24.8 Å². The Morgan fingerprint density at radius 1 is 1.00 bits per heavy atom. The molecule has 2 fully saturated rings. The van der Waals surface area contributed by atoms with E-state index in [4.69, 9.17) is 4.74 Å². The number of ether oxygens (including phenoxy) is 1. The summed E-state index contributed by atoms with van der Waals surface area (Å²) in [7, 11) is 3.73. The van der Waals surface area contributed by atoms with E-state index in [1.54, 1.807) is 31.6 Å². The fourth-order valence-electron chi connectivity index (χ4n) is 4.68. The number of pyridine rings is 1. The van der Waals surface area contributed by atoms with Gasteiger partial charge in [-0.05, 0) is 55.6 Å². The molecule has 31 heavy (non-hydrogen) atoms. The van der Waals surface area contributed by atoms with Gasteiger partial charge in [-0.25, -0.2) is 0 Å². The molecule has 0 radical (unpaired) electrons. The van der Waals surface area contributed by atoms with Crippen LogP contribution < -0.4 is 10.1 Å². The summed E-state index contributed by atoms with van der Waals surface area (Å²) in [6, 6.07) is 11.3. The monoisotopic (exact) mass is 422 g/mol. The predicted octanol–water partition coefficient (Wildman–Crippen LogP) is 2.16. The Morgan fingerprint density at radius 3 is 2.32 bits per heavy atom. The lowest BCUT2D eigenvalue weighted by atomic mass is 9.87. The standard InChI is InChI=1S/C24H30N4O3/c1-27-11-13-28(14-12-27)24(30)22-16-19(26-23(29)18-7-9-25-10-8-18)15-21(22)17-3-5-20(31-2)6-4-17/h3-10,19,21-22H,11-16H2,1-2H3,(H,26,29)/t19-,21+,22-/m0/s1. The number of aromatic nitrogens is 1.